The van der Waals surface area contributed by atoms with Crippen molar-refractivity contribution in [2.24, 2.45) is 5.92 Å². The molecule has 0 bridgehead atoms. The third-order valence-electron chi connectivity index (χ3n) is 3.94. The number of rotatable bonds is 4. The summed E-state index contributed by atoms with van der Waals surface area (Å²) in [4.78, 5) is 1.82. The first-order chi connectivity index (χ1) is 9.71. The van der Waals surface area contributed by atoms with Gasteiger partial charge in [0.1, 0.15) is 10.7 Å². The minimum absolute atomic E-state index is 0.238. The molecule has 1 saturated heterocycles. The molecule has 0 aromatic heterocycles. The number of likely N-dealkylation sites (tertiary alicyclic amines) is 1. The Kier molecular flexibility index (Phi) is 4.55. The van der Waals surface area contributed by atoms with Gasteiger partial charge in [-0.25, -0.2) is 17.1 Å². The van der Waals surface area contributed by atoms with Gasteiger partial charge >= 0.3 is 0 Å². The number of hydrogen-bond donors (Lipinski definition) is 1. The Morgan fingerprint density at radius 3 is 2.71 bits per heavy atom. The van der Waals surface area contributed by atoms with E-state index in [1.807, 2.05) is 7.05 Å². The van der Waals surface area contributed by atoms with E-state index in [9.17, 15) is 12.8 Å². The summed E-state index contributed by atoms with van der Waals surface area (Å²) in [5.41, 5.74) is 6.14. The Bertz CT molecular complexity index is 633. The molecule has 1 heterocycles. The third kappa shape index (κ3) is 3.36. The highest BCUT2D eigenvalue weighted by atomic mass is 32.2. The maximum atomic E-state index is 14.1. The minimum Gasteiger partial charge on any atom is -0.399 e. The van der Waals surface area contributed by atoms with Crippen LogP contribution in [-0.4, -0.2) is 51.4 Å². The second-order valence-electron chi connectivity index (χ2n) is 5.85. The molecule has 118 valence electrons. The number of nitrogen functional groups attached to an aromatic ring is 1. The zero-order valence-electron chi connectivity index (χ0n) is 12.6. The number of halogens is 1. The monoisotopic (exact) mass is 315 g/mol. The van der Waals surface area contributed by atoms with E-state index in [1.54, 1.807) is 0 Å². The Morgan fingerprint density at radius 2 is 2.14 bits per heavy atom. The van der Waals surface area contributed by atoms with Gasteiger partial charge in [0.15, 0.2) is 0 Å². The maximum Gasteiger partial charge on any atom is 0.245 e. The van der Waals surface area contributed by atoms with Crippen LogP contribution in [-0.2, 0) is 10.0 Å². The van der Waals surface area contributed by atoms with Crippen LogP contribution < -0.4 is 5.73 Å². The summed E-state index contributed by atoms with van der Waals surface area (Å²) >= 11 is 0. The molecule has 0 amide bonds. The van der Waals surface area contributed by atoms with E-state index in [0.717, 1.165) is 19.5 Å². The quantitative estimate of drug-likeness (QED) is 0.850. The van der Waals surface area contributed by atoms with Crippen molar-refractivity contribution < 1.29 is 12.8 Å². The lowest BCUT2D eigenvalue weighted by atomic mass is 10.1. The van der Waals surface area contributed by atoms with Gasteiger partial charge in [-0.1, -0.05) is 0 Å². The lowest BCUT2D eigenvalue weighted by molar-refractivity contribution is 0.356. The first-order valence-electron chi connectivity index (χ1n) is 6.92. The molecule has 1 unspecified atom stereocenters. The second kappa shape index (κ2) is 5.90. The number of nitrogens with two attached hydrogens (primary N) is 1. The topological polar surface area (TPSA) is 66.6 Å². The number of sulfonamides is 1. The fourth-order valence-corrected chi connectivity index (χ4v) is 4.17. The molecule has 0 spiro atoms. The number of anilines is 1. The van der Waals surface area contributed by atoms with Gasteiger partial charge in [-0.05, 0) is 50.6 Å². The summed E-state index contributed by atoms with van der Waals surface area (Å²) in [6, 6.07) is 2.62. The smallest absolute Gasteiger partial charge is 0.245 e. The Hall–Kier alpha value is -1.18. The van der Waals surface area contributed by atoms with Gasteiger partial charge in [0.25, 0.3) is 0 Å². The van der Waals surface area contributed by atoms with Crippen molar-refractivity contribution in [3.05, 3.63) is 23.5 Å². The number of nitrogens with zero attached hydrogens (tertiary/aromatic N) is 2. The van der Waals surface area contributed by atoms with Crippen LogP contribution in [0, 0.1) is 18.7 Å². The van der Waals surface area contributed by atoms with Crippen molar-refractivity contribution in [3.63, 3.8) is 0 Å². The van der Waals surface area contributed by atoms with Gasteiger partial charge in [0.05, 0.1) is 0 Å². The highest BCUT2D eigenvalue weighted by Gasteiger charge is 2.29. The standard InChI is InChI=1S/C14H22FN3O2S/c1-10-6-12(16)7-13(14(10)15)21(19,20)18(3)9-11-4-5-17(2)8-11/h6-7,11H,4-5,8-9,16H2,1-3H3. The fourth-order valence-electron chi connectivity index (χ4n) is 2.76. The normalized spacial score (nSPS) is 20.3. The summed E-state index contributed by atoms with van der Waals surface area (Å²) in [5.74, 6) is -0.445. The summed E-state index contributed by atoms with van der Waals surface area (Å²) in [6.45, 7) is 3.72. The van der Waals surface area contributed by atoms with E-state index >= 15 is 0 Å². The van der Waals surface area contributed by atoms with Gasteiger partial charge in [0.2, 0.25) is 10.0 Å². The van der Waals surface area contributed by atoms with Crippen LogP contribution in [0.2, 0.25) is 0 Å². The molecule has 1 fully saturated rings. The molecular weight excluding hydrogens is 293 g/mol. The molecule has 21 heavy (non-hydrogen) atoms. The average molecular weight is 315 g/mol. The lowest BCUT2D eigenvalue weighted by Crippen LogP contribution is -2.33. The first kappa shape index (κ1) is 16.2. The molecule has 5 nitrogen and oxygen atoms in total. The minimum atomic E-state index is -3.86. The van der Waals surface area contributed by atoms with E-state index < -0.39 is 15.8 Å². The van der Waals surface area contributed by atoms with Gasteiger partial charge < -0.3 is 10.6 Å². The largest absolute Gasteiger partial charge is 0.399 e. The summed E-state index contributed by atoms with van der Waals surface area (Å²) in [5, 5.41) is 0. The Morgan fingerprint density at radius 1 is 1.48 bits per heavy atom. The third-order valence-corrected chi connectivity index (χ3v) is 5.76. The Labute approximate surface area is 125 Å². The van der Waals surface area contributed by atoms with E-state index in [0.29, 0.717) is 6.54 Å². The van der Waals surface area contributed by atoms with Crippen molar-refractivity contribution in [2.75, 3.05) is 39.5 Å². The maximum absolute atomic E-state index is 14.1. The number of aryl methyl sites for hydroxylation is 1. The van der Waals surface area contributed by atoms with Crippen LogP contribution >= 0.6 is 0 Å². The predicted molar refractivity (Wildman–Crippen MR) is 81.0 cm³/mol. The van der Waals surface area contributed by atoms with Crippen LogP contribution in [0.3, 0.4) is 0 Å². The Balaban J connectivity index is 2.25. The molecule has 1 aliphatic heterocycles. The van der Waals surface area contributed by atoms with Crippen molar-refractivity contribution in [3.8, 4) is 0 Å². The fraction of sp³-hybridized carbons (Fsp3) is 0.571. The highest BCUT2D eigenvalue weighted by Crippen LogP contribution is 2.25. The molecule has 0 aliphatic carbocycles. The molecule has 1 aromatic rings. The van der Waals surface area contributed by atoms with E-state index in [2.05, 4.69) is 4.90 Å². The summed E-state index contributed by atoms with van der Waals surface area (Å²) in [6.07, 6.45) is 0.953. The van der Waals surface area contributed by atoms with E-state index in [1.165, 1.54) is 30.4 Å². The molecule has 0 radical (unpaired) electrons. The van der Waals surface area contributed by atoms with Crippen LogP contribution in [0.25, 0.3) is 0 Å². The zero-order chi connectivity index (χ0) is 15.8. The molecule has 2 rings (SSSR count). The molecule has 1 aliphatic rings. The van der Waals surface area contributed by atoms with Gasteiger partial charge in [-0.3, -0.25) is 0 Å². The number of benzene rings is 1. The molecule has 1 atom stereocenters. The van der Waals surface area contributed by atoms with Crippen molar-refractivity contribution in [2.45, 2.75) is 18.2 Å². The second-order valence-corrected chi connectivity index (χ2v) is 7.87. The van der Waals surface area contributed by atoms with E-state index in [4.69, 9.17) is 5.73 Å². The van der Waals surface area contributed by atoms with Gasteiger partial charge in [0, 0.05) is 25.8 Å². The predicted octanol–water partition coefficient (Wildman–Crippen LogP) is 1.29. The first-order valence-corrected chi connectivity index (χ1v) is 8.36. The SMILES string of the molecule is Cc1cc(N)cc(S(=O)(=O)N(C)CC2CCN(C)C2)c1F. The molecule has 7 heteroatoms. The van der Waals surface area contributed by atoms with Gasteiger partial charge in [-0.15, -0.1) is 0 Å². The summed E-state index contributed by atoms with van der Waals surface area (Å²) in [7, 11) is -0.359. The molecule has 2 N–H and O–H groups in total. The zero-order valence-corrected chi connectivity index (χ0v) is 13.5. The van der Waals surface area contributed by atoms with E-state index in [-0.39, 0.29) is 22.1 Å². The molecule has 0 saturated carbocycles. The van der Waals surface area contributed by atoms with Crippen LogP contribution in [0.4, 0.5) is 10.1 Å². The average Bonchev–Trinajstić information content (AvgIpc) is 2.79. The number of hydrogen-bond acceptors (Lipinski definition) is 4. The summed E-state index contributed by atoms with van der Waals surface area (Å²) < 4.78 is 40.5. The molecular formula is C14H22FN3O2S. The van der Waals surface area contributed by atoms with Crippen molar-refractivity contribution in [1.29, 1.82) is 0 Å². The molecule has 1 aromatic carbocycles. The lowest BCUT2D eigenvalue weighted by Gasteiger charge is -2.21. The highest BCUT2D eigenvalue weighted by molar-refractivity contribution is 7.89. The van der Waals surface area contributed by atoms with Crippen LogP contribution in [0.5, 0.6) is 0 Å². The van der Waals surface area contributed by atoms with Gasteiger partial charge in [-0.2, -0.15) is 0 Å². The van der Waals surface area contributed by atoms with Crippen LogP contribution in [0.1, 0.15) is 12.0 Å². The van der Waals surface area contributed by atoms with Crippen molar-refractivity contribution in [1.82, 2.24) is 9.21 Å². The van der Waals surface area contributed by atoms with Crippen LogP contribution in [0.15, 0.2) is 17.0 Å². The van der Waals surface area contributed by atoms with Crippen molar-refractivity contribution >= 4 is 15.7 Å².